The van der Waals surface area contributed by atoms with E-state index in [2.05, 4.69) is 29.4 Å². The van der Waals surface area contributed by atoms with Gasteiger partial charge in [-0.05, 0) is 36.0 Å². The summed E-state index contributed by atoms with van der Waals surface area (Å²) in [6, 6.07) is 17.4. The van der Waals surface area contributed by atoms with Gasteiger partial charge in [-0.3, -0.25) is 9.59 Å². The van der Waals surface area contributed by atoms with Gasteiger partial charge in [0, 0.05) is 17.7 Å². The van der Waals surface area contributed by atoms with Gasteiger partial charge in [-0.2, -0.15) is 0 Å². The van der Waals surface area contributed by atoms with Crippen molar-refractivity contribution < 1.29 is 9.59 Å². The number of carbonyl (C=O) groups excluding carboxylic acids is 2. The topological polar surface area (TPSA) is 76.9 Å². The van der Waals surface area contributed by atoms with E-state index in [9.17, 15) is 9.59 Å². The third-order valence-corrected chi connectivity index (χ3v) is 6.14. The lowest BCUT2D eigenvalue weighted by Crippen LogP contribution is -2.24. The first-order valence-corrected chi connectivity index (χ1v) is 12.0. The molecule has 2 aromatic carbocycles. The van der Waals surface area contributed by atoms with E-state index in [0.29, 0.717) is 23.3 Å². The maximum atomic E-state index is 13.2. The second-order valence-electron chi connectivity index (χ2n) is 9.66. The maximum absolute atomic E-state index is 13.2. The van der Waals surface area contributed by atoms with E-state index in [-0.39, 0.29) is 17.2 Å². The average molecular weight is 465 g/mol. The molecule has 0 saturated heterocycles. The fourth-order valence-electron chi connectivity index (χ4n) is 3.28. The van der Waals surface area contributed by atoms with Crippen LogP contribution < -0.4 is 5.32 Å². The second kappa shape index (κ2) is 10.3. The van der Waals surface area contributed by atoms with Gasteiger partial charge in [0.1, 0.15) is 0 Å². The van der Waals surface area contributed by atoms with Gasteiger partial charge in [0.25, 0.3) is 0 Å². The first kappa shape index (κ1) is 24.7. The molecule has 1 N–H and O–H groups in total. The van der Waals surface area contributed by atoms with Gasteiger partial charge in [0.05, 0.1) is 5.25 Å². The fourth-order valence-corrected chi connectivity index (χ4v) is 4.15. The molecule has 0 aliphatic rings. The largest absolute Gasteiger partial charge is 0.325 e. The normalized spacial score (nSPS) is 12.6. The number of anilines is 1. The summed E-state index contributed by atoms with van der Waals surface area (Å²) >= 11 is 1.23. The molecule has 0 aliphatic heterocycles. The van der Waals surface area contributed by atoms with Crippen LogP contribution in [0, 0.1) is 5.41 Å². The molecule has 1 unspecified atom stereocenters. The lowest BCUT2D eigenvalue weighted by Gasteiger charge is -2.19. The first-order valence-electron chi connectivity index (χ1n) is 11.2. The van der Waals surface area contributed by atoms with Crippen LogP contribution in [0.5, 0.6) is 0 Å². The standard InChI is InChI=1S/C26H32N4O2S/c1-17(2)19-12-14-21(15-13-19)27-24(32)18(3)33-25-29-28-23(20-10-8-7-9-11-20)30(25)22(31)16-26(4,5)6/h7-15,17-18H,16H2,1-6H3,(H,27,32). The van der Waals surface area contributed by atoms with Gasteiger partial charge in [0.2, 0.25) is 11.8 Å². The van der Waals surface area contributed by atoms with Crippen LogP contribution in [0.3, 0.4) is 0 Å². The number of hydrogen-bond acceptors (Lipinski definition) is 5. The molecule has 0 aliphatic carbocycles. The van der Waals surface area contributed by atoms with Crippen LogP contribution in [0.15, 0.2) is 59.8 Å². The number of aromatic nitrogens is 3. The van der Waals surface area contributed by atoms with E-state index in [1.54, 1.807) is 11.5 Å². The van der Waals surface area contributed by atoms with Gasteiger partial charge in [-0.25, -0.2) is 4.57 Å². The molecule has 1 aromatic heterocycles. The minimum absolute atomic E-state index is 0.0919. The number of nitrogens with one attached hydrogen (secondary N) is 1. The molecule has 1 heterocycles. The van der Waals surface area contributed by atoms with E-state index >= 15 is 0 Å². The van der Waals surface area contributed by atoms with E-state index in [1.807, 2.05) is 75.4 Å². The molecule has 3 aromatic rings. The van der Waals surface area contributed by atoms with E-state index < -0.39 is 5.25 Å². The number of hydrogen-bond donors (Lipinski definition) is 1. The molecule has 1 atom stereocenters. The molecule has 0 radical (unpaired) electrons. The Balaban J connectivity index is 1.82. The van der Waals surface area contributed by atoms with Crippen LogP contribution in [0.4, 0.5) is 5.69 Å². The maximum Gasteiger partial charge on any atom is 0.237 e. The Morgan fingerprint density at radius 3 is 2.18 bits per heavy atom. The number of nitrogens with zero attached hydrogens (tertiary/aromatic N) is 3. The predicted molar refractivity (Wildman–Crippen MR) is 135 cm³/mol. The zero-order valence-electron chi connectivity index (χ0n) is 20.1. The fraction of sp³-hybridized carbons (Fsp3) is 0.385. The Bertz CT molecular complexity index is 1100. The third kappa shape index (κ3) is 6.54. The Kier molecular flexibility index (Phi) is 7.74. The van der Waals surface area contributed by atoms with Crippen molar-refractivity contribution in [2.45, 2.75) is 64.3 Å². The van der Waals surface area contributed by atoms with Gasteiger partial charge >= 0.3 is 0 Å². The highest BCUT2D eigenvalue weighted by atomic mass is 32.2. The lowest BCUT2D eigenvalue weighted by atomic mass is 9.92. The molecule has 6 nitrogen and oxygen atoms in total. The van der Waals surface area contributed by atoms with Gasteiger partial charge < -0.3 is 5.32 Å². The Labute approximate surface area is 200 Å². The molecular weight excluding hydrogens is 432 g/mol. The van der Waals surface area contributed by atoms with Crippen molar-refractivity contribution in [3.63, 3.8) is 0 Å². The summed E-state index contributed by atoms with van der Waals surface area (Å²) in [5, 5.41) is 11.5. The minimum Gasteiger partial charge on any atom is -0.325 e. The summed E-state index contributed by atoms with van der Waals surface area (Å²) in [4.78, 5) is 26.1. The quantitative estimate of drug-likeness (QED) is 0.417. The third-order valence-electron chi connectivity index (χ3n) is 5.09. The monoisotopic (exact) mass is 464 g/mol. The molecule has 0 spiro atoms. The molecule has 3 rings (SSSR count). The van der Waals surface area contributed by atoms with Crippen molar-refractivity contribution >= 4 is 29.3 Å². The lowest BCUT2D eigenvalue weighted by molar-refractivity contribution is -0.115. The zero-order valence-corrected chi connectivity index (χ0v) is 20.9. The summed E-state index contributed by atoms with van der Waals surface area (Å²) in [6.07, 6.45) is 0.335. The highest BCUT2D eigenvalue weighted by Crippen LogP contribution is 2.30. The van der Waals surface area contributed by atoms with Crippen LogP contribution in [0.25, 0.3) is 11.4 Å². The van der Waals surface area contributed by atoms with Crippen LogP contribution >= 0.6 is 11.8 Å². The second-order valence-corrected chi connectivity index (χ2v) is 11.0. The SMILES string of the molecule is CC(Sc1nnc(-c2ccccc2)n1C(=O)CC(C)(C)C)C(=O)Nc1ccc(C(C)C)cc1. The predicted octanol–water partition coefficient (Wildman–Crippen LogP) is 6.26. The van der Waals surface area contributed by atoms with Crippen molar-refractivity contribution in [1.29, 1.82) is 0 Å². The Hall–Kier alpha value is -2.93. The number of thioether (sulfide) groups is 1. The highest BCUT2D eigenvalue weighted by Gasteiger charge is 2.27. The smallest absolute Gasteiger partial charge is 0.237 e. The Morgan fingerprint density at radius 2 is 1.61 bits per heavy atom. The number of rotatable bonds is 7. The number of carbonyl (C=O) groups is 2. The number of benzene rings is 2. The summed E-state index contributed by atoms with van der Waals surface area (Å²) in [5.41, 5.74) is 2.57. The average Bonchev–Trinajstić information content (AvgIpc) is 3.17. The molecule has 174 valence electrons. The summed E-state index contributed by atoms with van der Waals surface area (Å²) in [7, 11) is 0. The summed E-state index contributed by atoms with van der Waals surface area (Å²) in [5.74, 6) is 0.673. The van der Waals surface area contributed by atoms with E-state index in [4.69, 9.17) is 0 Å². The molecule has 0 fully saturated rings. The minimum atomic E-state index is -0.469. The van der Waals surface area contributed by atoms with Crippen molar-refractivity contribution in [3.05, 3.63) is 60.2 Å². The van der Waals surface area contributed by atoms with Gasteiger partial charge in [0.15, 0.2) is 11.0 Å². The van der Waals surface area contributed by atoms with Crippen LogP contribution in [-0.2, 0) is 4.79 Å². The van der Waals surface area contributed by atoms with E-state index in [0.717, 1.165) is 11.3 Å². The van der Waals surface area contributed by atoms with E-state index in [1.165, 1.54) is 17.3 Å². The van der Waals surface area contributed by atoms with Crippen LogP contribution in [0.1, 0.15) is 64.2 Å². The zero-order chi connectivity index (χ0) is 24.2. The van der Waals surface area contributed by atoms with Crippen molar-refractivity contribution in [3.8, 4) is 11.4 Å². The summed E-state index contributed by atoms with van der Waals surface area (Å²) < 4.78 is 1.55. The van der Waals surface area contributed by atoms with Crippen LogP contribution in [0.2, 0.25) is 0 Å². The van der Waals surface area contributed by atoms with Crippen molar-refractivity contribution in [1.82, 2.24) is 14.8 Å². The first-order chi connectivity index (χ1) is 15.5. The van der Waals surface area contributed by atoms with Gasteiger partial charge in [-0.1, -0.05) is 88.8 Å². The van der Waals surface area contributed by atoms with Crippen LogP contribution in [-0.4, -0.2) is 31.8 Å². The van der Waals surface area contributed by atoms with Gasteiger partial charge in [-0.15, -0.1) is 10.2 Å². The molecule has 7 heteroatoms. The van der Waals surface area contributed by atoms with Crippen molar-refractivity contribution in [2.24, 2.45) is 5.41 Å². The highest BCUT2D eigenvalue weighted by molar-refractivity contribution is 8.00. The molecular formula is C26H32N4O2S. The molecule has 33 heavy (non-hydrogen) atoms. The number of amides is 1. The Morgan fingerprint density at radius 1 is 0.970 bits per heavy atom. The molecule has 0 bridgehead atoms. The summed E-state index contributed by atoms with van der Waals surface area (Å²) in [6.45, 7) is 12.1. The molecule has 1 amide bonds. The molecule has 0 saturated carbocycles. The van der Waals surface area contributed by atoms with Crippen molar-refractivity contribution in [2.75, 3.05) is 5.32 Å².